The Morgan fingerprint density at radius 3 is 2.50 bits per heavy atom. The van der Waals surface area contributed by atoms with Gasteiger partial charge in [0.1, 0.15) is 11.5 Å². The number of benzene rings is 1. The summed E-state index contributed by atoms with van der Waals surface area (Å²) in [4.78, 5) is 0. The van der Waals surface area contributed by atoms with E-state index in [1.807, 2.05) is 18.2 Å². The van der Waals surface area contributed by atoms with Crippen LogP contribution in [-0.2, 0) is 11.3 Å². The Kier molecular flexibility index (Phi) is 4.81. The Bertz CT molecular complexity index is 702. The normalized spacial score (nSPS) is 18.9. The summed E-state index contributed by atoms with van der Waals surface area (Å²) in [5.74, 6) is 1.40. The summed E-state index contributed by atoms with van der Waals surface area (Å²) in [7, 11) is 0. The van der Waals surface area contributed by atoms with Gasteiger partial charge in [-0.3, -0.25) is 0 Å². The lowest BCUT2D eigenvalue weighted by molar-refractivity contribution is 0.0207. The zero-order valence-corrected chi connectivity index (χ0v) is 14.9. The first-order valence-electron chi connectivity index (χ1n) is 8.49. The number of nitrogens with zero attached hydrogens (tertiary/aromatic N) is 1. The first-order valence-corrected chi connectivity index (χ1v) is 9.24. The second kappa shape index (κ2) is 7.04. The molecular weight excluding hydrogens is 347 g/mol. The molecular formula is C18H20Cl2N2O2. The lowest BCUT2D eigenvalue weighted by atomic mass is 10.0. The van der Waals surface area contributed by atoms with E-state index < -0.39 is 0 Å². The van der Waals surface area contributed by atoms with E-state index in [0.29, 0.717) is 22.6 Å². The minimum absolute atomic E-state index is 0.280. The highest BCUT2D eigenvalue weighted by Gasteiger charge is 2.33. The van der Waals surface area contributed by atoms with Crippen LogP contribution >= 0.6 is 23.2 Å². The van der Waals surface area contributed by atoms with Crippen molar-refractivity contribution in [2.24, 2.45) is 0 Å². The highest BCUT2D eigenvalue weighted by molar-refractivity contribution is 6.39. The number of aromatic nitrogens is 1. The van der Waals surface area contributed by atoms with Crippen LogP contribution in [-0.4, -0.2) is 24.4 Å². The average Bonchev–Trinajstić information content (AvgIpc) is 3.35. The summed E-state index contributed by atoms with van der Waals surface area (Å²) >= 11 is 12.7. The van der Waals surface area contributed by atoms with Crippen LogP contribution in [0.15, 0.2) is 22.7 Å². The lowest BCUT2D eigenvalue weighted by Gasteiger charge is -2.23. The van der Waals surface area contributed by atoms with E-state index in [1.54, 1.807) is 0 Å². The van der Waals surface area contributed by atoms with E-state index >= 15 is 0 Å². The first-order chi connectivity index (χ1) is 11.7. The third-order valence-electron chi connectivity index (χ3n) is 4.72. The molecule has 2 heterocycles. The quantitative estimate of drug-likeness (QED) is 0.825. The third-order valence-corrected chi connectivity index (χ3v) is 5.35. The second-order valence-electron chi connectivity index (χ2n) is 6.51. The number of rotatable bonds is 5. The molecule has 1 aliphatic carbocycles. The molecule has 1 aliphatic heterocycles. The zero-order chi connectivity index (χ0) is 16.5. The topological polar surface area (TPSA) is 47.3 Å². The minimum Gasteiger partial charge on any atom is -0.373 e. The Morgan fingerprint density at radius 2 is 1.83 bits per heavy atom. The average molecular weight is 367 g/mol. The van der Waals surface area contributed by atoms with E-state index in [-0.39, 0.29) is 6.10 Å². The Hall–Kier alpha value is -1.07. The summed E-state index contributed by atoms with van der Waals surface area (Å²) in [5, 5.41) is 8.82. The van der Waals surface area contributed by atoms with Crippen LogP contribution in [0.5, 0.6) is 0 Å². The molecule has 1 saturated heterocycles. The maximum absolute atomic E-state index is 6.37. The number of nitrogens with one attached hydrogen (secondary N) is 1. The summed E-state index contributed by atoms with van der Waals surface area (Å²) < 4.78 is 11.8. The maximum atomic E-state index is 6.37. The molecule has 1 saturated carbocycles. The molecule has 1 N–H and O–H groups in total. The van der Waals surface area contributed by atoms with Crippen molar-refractivity contribution in [2.45, 2.75) is 44.3 Å². The van der Waals surface area contributed by atoms with Gasteiger partial charge in [-0.15, -0.1) is 0 Å². The predicted molar refractivity (Wildman–Crippen MR) is 94.6 cm³/mol. The molecule has 128 valence electrons. The molecule has 4 nitrogen and oxygen atoms in total. The van der Waals surface area contributed by atoms with Gasteiger partial charge in [0, 0.05) is 17.0 Å². The number of halogens is 2. The van der Waals surface area contributed by atoms with Crippen LogP contribution in [0.1, 0.15) is 42.9 Å². The van der Waals surface area contributed by atoms with Gasteiger partial charge in [-0.25, -0.2) is 0 Å². The maximum Gasteiger partial charge on any atom is 0.145 e. The molecule has 0 radical (unpaired) electrons. The van der Waals surface area contributed by atoms with Crippen LogP contribution in [0, 0.1) is 0 Å². The van der Waals surface area contributed by atoms with Gasteiger partial charge < -0.3 is 14.6 Å². The fraction of sp³-hybridized carbons (Fsp3) is 0.500. The van der Waals surface area contributed by atoms with Crippen molar-refractivity contribution in [3.63, 3.8) is 0 Å². The van der Waals surface area contributed by atoms with Gasteiger partial charge in [0.2, 0.25) is 0 Å². The molecule has 2 fully saturated rings. The minimum atomic E-state index is 0.280. The smallest absolute Gasteiger partial charge is 0.145 e. The summed E-state index contributed by atoms with van der Waals surface area (Å²) in [6.45, 7) is 2.51. The highest BCUT2D eigenvalue weighted by Crippen LogP contribution is 2.46. The van der Waals surface area contributed by atoms with Gasteiger partial charge in [0.25, 0.3) is 0 Å². The van der Waals surface area contributed by atoms with Gasteiger partial charge in [0.05, 0.1) is 22.8 Å². The molecule has 0 bridgehead atoms. The number of hydrogen-bond acceptors (Lipinski definition) is 4. The van der Waals surface area contributed by atoms with Crippen molar-refractivity contribution in [3.05, 3.63) is 39.6 Å². The van der Waals surface area contributed by atoms with Gasteiger partial charge in [0.15, 0.2) is 0 Å². The Balaban J connectivity index is 1.64. The van der Waals surface area contributed by atoms with Crippen molar-refractivity contribution in [1.82, 2.24) is 10.5 Å². The third kappa shape index (κ3) is 3.33. The second-order valence-corrected chi connectivity index (χ2v) is 7.32. The molecule has 1 aromatic heterocycles. The Labute approximate surface area is 151 Å². The summed E-state index contributed by atoms with van der Waals surface area (Å²) in [6.07, 6.45) is 4.64. The number of hydrogen-bond donors (Lipinski definition) is 1. The van der Waals surface area contributed by atoms with Crippen molar-refractivity contribution in [3.8, 4) is 11.3 Å². The molecule has 6 heteroatoms. The molecule has 0 amide bonds. The SMILES string of the molecule is Clc1cccc(Cl)c1-c1noc(C2CC2)c1COC1CCNCC1. The summed E-state index contributed by atoms with van der Waals surface area (Å²) in [5.41, 5.74) is 2.47. The van der Waals surface area contributed by atoms with Crippen LogP contribution in [0.4, 0.5) is 0 Å². The van der Waals surface area contributed by atoms with Crippen molar-refractivity contribution >= 4 is 23.2 Å². The fourth-order valence-corrected chi connectivity index (χ4v) is 3.79. The van der Waals surface area contributed by atoms with Crippen LogP contribution in [0.25, 0.3) is 11.3 Å². The molecule has 0 unspecified atom stereocenters. The van der Waals surface area contributed by atoms with E-state index in [2.05, 4.69) is 10.5 Å². The lowest BCUT2D eigenvalue weighted by Crippen LogP contribution is -2.32. The molecule has 24 heavy (non-hydrogen) atoms. The van der Waals surface area contributed by atoms with E-state index in [9.17, 15) is 0 Å². The van der Waals surface area contributed by atoms with Crippen molar-refractivity contribution in [1.29, 1.82) is 0 Å². The van der Waals surface area contributed by atoms with E-state index in [1.165, 1.54) is 0 Å². The largest absolute Gasteiger partial charge is 0.373 e. The monoisotopic (exact) mass is 366 g/mol. The number of piperidine rings is 1. The van der Waals surface area contributed by atoms with Crippen LogP contribution in [0.3, 0.4) is 0 Å². The molecule has 0 atom stereocenters. The molecule has 4 rings (SSSR count). The van der Waals surface area contributed by atoms with Crippen molar-refractivity contribution < 1.29 is 9.26 Å². The molecule has 0 spiro atoms. The van der Waals surface area contributed by atoms with Gasteiger partial charge in [-0.2, -0.15) is 0 Å². The van der Waals surface area contributed by atoms with E-state index in [0.717, 1.165) is 61.4 Å². The van der Waals surface area contributed by atoms with Gasteiger partial charge >= 0.3 is 0 Å². The van der Waals surface area contributed by atoms with Crippen LogP contribution in [0.2, 0.25) is 10.0 Å². The predicted octanol–water partition coefficient (Wildman–Crippen LogP) is 4.79. The highest BCUT2D eigenvalue weighted by atomic mass is 35.5. The van der Waals surface area contributed by atoms with Gasteiger partial charge in [-0.1, -0.05) is 34.4 Å². The summed E-state index contributed by atoms with van der Waals surface area (Å²) in [6, 6.07) is 5.48. The van der Waals surface area contributed by atoms with E-state index in [4.69, 9.17) is 32.5 Å². The fourth-order valence-electron chi connectivity index (χ4n) is 3.21. The number of ether oxygens (including phenoxy) is 1. The molecule has 1 aromatic carbocycles. The Morgan fingerprint density at radius 1 is 1.12 bits per heavy atom. The van der Waals surface area contributed by atoms with Crippen molar-refractivity contribution in [2.75, 3.05) is 13.1 Å². The molecule has 2 aliphatic rings. The molecule has 2 aromatic rings. The van der Waals surface area contributed by atoms with Gasteiger partial charge in [-0.05, 0) is 50.9 Å². The first kappa shape index (κ1) is 16.4. The zero-order valence-electron chi connectivity index (χ0n) is 13.4. The standard InChI is InChI=1S/C18H20Cl2N2O2/c19-14-2-1-3-15(20)16(14)17-13(18(24-22-17)11-4-5-11)10-23-12-6-8-21-9-7-12/h1-3,11-12,21H,4-10H2. The van der Waals surface area contributed by atoms with Crippen LogP contribution < -0.4 is 5.32 Å².